The van der Waals surface area contributed by atoms with E-state index in [-0.39, 0.29) is 5.91 Å². The number of hydrogen-bond acceptors (Lipinski definition) is 2. The normalized spacial score (nSPS) is 17.0. The van der Waals surface area contributed by atoms with Gasteiger partial charge in [-0.05, 0) is 62.1 Å². The van der Waals surface area contributed by atoms with Crippen molar-refractivity contribution in [2.45, 2.75) is 44.9 Å². The second kappa shape index (κ2) is 4.70. The summed E-state index contributed by atoms with van der Waals surface area (Å²) < 4.78 is 1.60. The minimum atomic E-state index is -0.0613. The number of nitrogens with zero attached hydrogens (tertiary/aromatic N) is 2. The monoisotopic (exact) mass is 300 g/mol. The molecule has 3 nitrogen and oxygen atoms in total. The van der Waals surface area contributed by atoms with Crippen molar-refractivity contribution in [1.29, 1.82) is 0 Å². The highest BCUT2D eigenvalue weighted by Gasteiger charge is 2.32. The summed E-state index contributed by atoms with van der Waals surface area (Å²) in [5.41, 5.74) is 5.06. The van der Waals surface area contributed by atoms with Crippen LogP contribution >= 0.6 is 11.6 Å². The van der Waals surface area contributed by atoms with Crippen LogP contribution in [0.1, 0.15) is 58.1 Å². The zero-order valence-corrected chi connectivity index (χ0v) is 12.8. The summed E-state index contributed by atoms with van der Waals surface area (Å²) in [5, 5.41) is 5.02. The summed E-state index contributed by atoms with van der Waals surface area (Å²) in [6.45, 7) is 1.99. The summed E-state index contributed by atoms with van der Waals surface area (Å²) in [7, 11) is 0. The van der Waals surface area contributed by atoms with Gasteiger partial charge in [0.25, 0.3) is 5.91 Å². The molecule has 2 aromatic rings. The molecule has 0 spiro atoms. The van der Waals surface area contributed by atoms with E-state index in [1.807, 2.05) is 19.1 Å². The molecule has 0 unspecified atom stereocenters. The van der Waals surface area contributed by atoms with Gasteiger partial charge < -0.3 is 0 Å². The molecule has 1 heterocycles. The largest absolute Gasteiger partial charge is 0.280 e. The van der Waals surface area contributed by atoms with Gasteiger partial charge in [0.05, 0.1) is 22.0 Å². The van der Waals surface area contributed by atoms with Crippen molar-refractivity contribution in [3.05, 3.63) is 51.3 Å². The van der Waals surface area contributed by atoms with Crippen molar-refractivity contribution in [2.24, 2.45) is 0 Å². The SMILES string of the molecule is Cc1nn(C(=O)c2c(Cl)cccc2C2CC2)c2c1CCC2. The molecule has 0 radical (unpaired) electrons. The van der Waals surface area contributed by atoms with Crippen LogP contribution < -0.4 is 0 Å². The smallest absolute Gasteiger partial charge is 0.267 e. The molecule has 2 aliphatic carbocycles. The molecule has 0 N–H and O–H groups in total. The minimum absolute atomic E-state index is 0.0613. The molecule has 4 rings (SSSR count). The number of fused-ring (bicyclic) bond motifs is 1. The van der Waals surface area contributed by atoms with Gasteiger partial charge in [0.1, 0.15) is 0 Å². The zero-order valence-electron chi connectivity index (χ0n) is 12.0. The molecule has 0 atom stereocenters. The predicted molar refractivity (Wildman–Crippen MR) is 82.1 cm³/mol. The van der Waals surface area contributed by atoms with Gasteiger partial charge >= 0.3 is 0 Å². The Labute approximate surface area is 128 Å². The third kappa shape index (κ3) is 2.03. The van der Waals surface area contributed by atoms with Gasteiger partial charge in [-0.3, -0.25) is 4.79 Å². The topological polar surface area (TPSA) is 34.9 Å². The molecule has 1 aromatic heterocycles. The maximum atomic E-state index is 13.0. The molecule has 0 aliphatic heterocycles. The first-order valence-electron chi connectivity index (χ1n) is 7.57. The molecule has 1 saturated carbocycles. The van der Waals surface area contributed by atoms with Crippen molar-refractivity contribution >= 4 is 17.5 Å². The fourth-order valence-corrected chi connectivity index (χ4v) is 3.66. The van der Waals surface area contributed by atoms with Crippen LogP contribution in [0.15, 0.2) is 18.2 Å². The van der Waals surface area contributed by atoms with Gasteiger partial charge in [0.2, 0.25) is 0 Å². The first-order chi connectivity index (χ1) is 10.2. The van der Waals surface area contributed by atoms with Crippen molar-refractivity contribution in [3.63, 3.8) is 0 Å². The van der Waals surface area contributed by atoms with Crippen molar-refractivity contribution in [1.82, 2.24) is 9.78 Å². The number of benzene rings is 1. The fourth-order valence-electron chi connectivity index (χ4n) is 3.40. The number of aryl methyl sites for hydroxylation is 1. The standard InChI is InChI=1S/C17H17ClN2O/c1-10-12-4-3-7-15(12)20(19-10)17(21)16-13(11-8-9-11)5-2-6-14(16)18/h2,5-6,11H,3-4,7-9H2,1H3. The summed E-state index contributed by atoms with van der Waals surface area (Å²) in [6.07, 6.45) is 5.38. The molecule has 0 amide bonds. The summed E-state index contributed by atoms with van der Waals surface area (Å²) in [6, 6.07) is 5.77. The highest BCUT2D eigenvalue weighted by molar-refractivity contribution is 6.34. The van der Waals surface area contributed by atoms with E-state index in [0.29, 0.717) is 16.5 Å². The van der Waals surface area contributed by atoms with E-state index in [4.69, 9.17) is 11.6 Å². The third-order valence-electron chi connectivity index (χ3n) is 4.60. The van der Waals surface area contributed by atoms with Gasteiger partial charge in [-0.2, -0.15) is 5.10 Å². The fraction of sp³-hybridized carbons (Fsp3) is 0.412. The first-order valence-corrected chi connectivity index (χ1v) is 7.95. The van der Waals surface area contributed by atoms with E-state index < -0.39 is 0 Å². The summed E-state index contributed by atoms with van der Waals surface area (Å²) in [5.74, 6) is 0.432. The second-order valence-corrected chi connectivity index (χ2v) is 6.47. The molecule has 4 heteroatoms. The van der Waals surface area contributed by atoms with Crippen LogP contribution in [-0.4, -0.2) is 15.7 Å². The Morgan fingerprint density at radius 3 is 2.90 bits per heavy atom. The lowest BCUT2D eigenvalue weighted by Crippen LogP contribution is -2.18. The van der Waals surface area contributed by atoms with E-state index in [9.17, 15) is 4.79 Å². The number of hydrogen-bond donors (Lipinski definition) is 0. The lowest BCUT2D eigenvalue weighted by Gasteiger charge is -2.11. The Morgan fingerprint density at radius 2 is 2.14 bits per heavy atom. The molecule has 108 valence electrons. The molecule has 0 saturated heterocycles. The lowest BCUT2D eigenvalue weighted by molar-refractivity contribution is 0.0940. The number of carbonyl (C=O) groups is 1. The van der Waals surface area contributed by atoms with Crippen molar-refractivity contribution < 1.29 is 4.79 Å². The van der Waals surface area contributed by atoms with Crippen molar-refractivity contribution in [3.8, 4) is 0 Å². The Hall–Kier alpha value is -1.61. The average Bonchev–Trinajstić information content (AvgIpc) is 3.11. The predicted octanol–water partition coefficient (Wildman–Crippen LogP) is 3.90. The Morgan fingerprint density at radius 1 is 1.33 bits per heavy atom. The van der Waals surface area contributed by atoms with Crippen LogP contribution in [-0.2, 0) is 12.8 Å². The Balaban J connectivity index is 1.84. The van der Waals surface area contributed by atoms with E-state index in [2.05, 4.69) is 5.10 Å². The third-order valence-corrected chi connectivity index (χ3v) is 4.92. The minimum Gasteiger partial charge on any atom is -0.267 e. The van der Waals surface area contributed by atoms with Crippen LogP contribution in [0.25, 0.3) is 0 Å². The molecule has 0 bridgehead atoms. The lowest BCUT2D eigenvalue weighted by atomic mass is 10.0. The molecule has 1 fully saturated rings. The van der Waals surface area contributed by atoms with Crippen LogP contribution in [0.3, 0.4) is 0 Å². The molecule has 1 aromatic carbocycles. The van der Waals surface area contributed by atoms with Gasteiger partial charge in [0.15, 0.2) is 0 Å². The van der Waals surface area contributed by atoms with E-state index in [1.165, 1.54) is 5.56 Å². The van der Waals surface area contributed by atoms with Crippen LogP contribution in [0.2, 0.25) is 5.02 Å². The van der Waals surface area contributed by atoms with Crippen molar-refractivity contribution in [2.75, 3.05) is 0 Å². The quantitative estimate of drug-likeness (QED) is 0.843. The van der Waals surface area contributed by atoms with Gasteiger partial charge in [-0.15, -0.1) is 0 Å². The molecule has 21 heavy (non-hydrogen) atoms. The molecule has 2 aliphatic rings. The second-order valence-electron chi connectivity index (χ2n) is 6.06. The maximum Gasteiger partial charge on any atom is 0.280 e. The van der Waals surface area contributed by atoms with E-state index in [1.54, 1.807) is 10.7 Å². The summed E-state index contributed by atoms with van der Waals surface area (Å²) in [4.78, 5) is 13.0. The van der Waals surface area contributed by atoms with E-state index in [0.717, 1.165) is 49.1 Å². The molecular weight excluding hydrogens is 284 g/mol. The highest BCUT2D eigenvalue weighted by Crippen LogP contribution is 2.43. The maximum absolute atomic E-state index is 13.0. The van der Waals surface area contributed by atoms with Crippen LogP contribution in [0, 0.1) is 6.92 Å². The van der Waals surface area contributed by atoms with Gasteiger partial charge in [0, 0.05) is 0 Å². The van der Waals surface area contributed by atoms with Crippen LogP contribution in [0.5, 0.6) is 0 Å². The average molecular weight is 301 g/mol. The summed E-state index contributed by atoms with van der Waals surface area (Å²) >= 11 is 6.34. The number of carbonyl (C=O) groups excluding carboxylic acids is 1. The van der Waals surface area contributed by atoms with Gasteiger partial charge in [-0.1, -0.05) is 23.7 Å². The first kappa shape index (κ1) is 13.1. The number of aromatic nitrogens is 2. The number of halogens is 1. The molecular formula is C17H17ClN2O. The zero-order chi connectivity index (χ0) is 14.6. The number of rotatable bonds is 2. The van der Waals surface area contributed by atoms with Gasteiger partial charge in [-0.25, -0.2) is 4.68 Å². The Kier molecular flexibility index (Phi) is 2.93. The Bertz CT molecular complexity index is 743. The highest BCUT2D eigenvalue weighted by atomic mass is 35.5. The van der Waals surface area contributed by atoms with Crippen LogP contribution in [0.4, 0.5) is 0 Å². The van der Waals surface area contributed by atoms with E-state index >= 15 is 0 Å².